The number of rotatable bonds is 5. The van der Waals surface area contributed by atoms with Crippen molar-refractivity contribution in [3.8, 4) is 0 Å². The molecule has 1 heterocycles. The third-order valence-electron chi connectivity index (χ3n) is 5.03. The molecule has 1 N–H and O–H groups in total. The van der Waals surface area contributed by atoms with Crippen LogP contribution in [0, 0.1) is 11.3 Å². The van der Waals surface area contributed by atoms with Crippen molar-refractivity contribution in [3.05, 3.63) is 29.8 Å². The van der Waals surface area contributed by atoms with E-state index in [4.69, 9.17) is 0 Å². The van der Waals surface area contributed by atoms with E-state index in [-0.39, 0.29) is 17.2 Å². The van der Waals surface area contributed by atoms with Crippen molar-refractivity contribution in [3.63, 3.8) is 0 Å². The predicted octanol–water partition coefficient (Wildman–Crippen LogP) is 3.89. The third kappa shape index (κ3) is 5.08. The molecule has 1 aromatic rings. The topological polar surface area (TPSA) is 49.4 Å². The van der Waals surface area contributed by atoms with Crippen LogP contribution >= 0.6 is 0 Å². The Kier molecular flexibility index (Phi) is 6.03. The minimum atomic E-state index is 0.0905. The van der Waals surface area contributed by atoms with Gasteiger partial charge < -0.3 is 10.2 Å². The van der Waals surface area contributed by atoms with Crippen LogP contribution in [0.25, 0.3) is 0 Å². The first kappa shape index (κ1) is 18.5. The van der Waals surface area contributed by atoms with Crippen LogP contribution in [0.3, 0.4) is 0 Å². The van der Waals surface area contributed by atoms with Crippen molar-refractivity contribution in [2.45, 2.75) is 59.9 Å². The molecule has 0 saturated carbocycles. The van der Waals surface area contributed by atoms with E-state index in [9.17, 15) is 9.59 Å². The van der Waals surface area contributed by atoms with Crippen molar-refractivity contribution in [2.75, 3.05) is 11.4 Å². The summed E-state index contributed by atoms with van der Waals surface area (Å²) in [5, 5.41) is 2.99. The average molecular weight is 330 g/mol. The van der Waals surface area contributed by atoms with Crippen molar-refractivity contribution in [1.29, 1.82) is 0 Å². The van der Waals surface area contributed by atoms with Gasteiger partial charge in [0.25, 0.3) is 0 Å². The molecule has 1 unspecified atom stereocenters. The molecule has 24 heavy (non-hydrogen) atoms. The zero-order valence-electron chi connectivity index (χ0n) is 15.4. The summed E-state index contributed by atoms with van der Waals surface area (Å²) in [6, 6.07) is 7.93. The number of carbonyl (C=O) groups is 2. The molecule has 4 heteroatoms. The summed E-state index contributed by atoms with van der Waals surface area (Å²) in [6.45, 7) is 9.93. The Hall–Kier alpha value is -1.84. The van der Waals surface area contributed by atoms with Crippen molar-refractivity contribution < 1.29 is 9.59 Å². The highest BCUT2D eigenvalue weighted by molar-refractivity contribution is 5.93. The maximum Gasteiger partial charge on any atom is 0.226 e. The van der Waals surface area contributed by atoms with Gasteiger partial charge in [0.1, 0.15) is 0 Å². The quantitative estimate of drug-likeness (QED) is 0.890. The molecule has 1 atom stereocenters. The molecule has 0 aromatic heterocycles. The fraction of sp³-hybridized carbons (Fsp3) is 0.600. The van der Waals surface area contributed by atoms with Crippen molar-refractivity contribution >= 4 is 17.5 Å². The fourth-order valence-electron chi connectivity index (χ4n) is 2.73. The molecule has 0 aliphatic carbocycles. The number of piperidine rings is 1. The molecule has 1 aromatic carbocycles. The zero-order chi connectivity index (χ0) is 17.7. The van der Waals surface area contributed by atoms with Crippen LogP contribution in [-0.4, -0.2) is 18.4 Å². The van der Waals surface area contributed by atoms with Crippen molar-refractivity contribution in [2.24, 2.45) is 11.3 Å². The van der Waals surface area contributed by atoms with Gasteiger partial charge in [0.2, 0.25) is 11.8 Å². The largest absolute Gasteiger partial charge is 0.352 e. The monoisotopic (exact) mass is 330 g/mol. The smallest absolute Gasteiger partial charge is 0.226 e. The second kappa shape index (κ2) is 7.82. The highest BCUT2D eigenvalue weighted by Gasteiger charge is 2.22. The van der Waals surface area contributed by atoms with E-state index in [1.807, 2.05) is 29.2 Å². The van der Waals surface area contributed by atoms with E-state index in [0.717, 1.165) is 30.6 Å². The van der Waals surface area contributed by atoms with Crippen LogP contribution in [0.15, 0.2) is 24.3 Å². The molecule has 0 spiro atoms. The summed E-state index contributed by atoms with van der Waals surface area (Å²) in [6.07, 6.45) is 3.25. The van der Waals surface area contributed by atoms with Gasteiger partial charge in [-0.3, -0.25) is 9.59 Å². The van der Waals surface area contributed by atoms with Gasteiger partial charge in [0.05, 0.1) is 0 Å². The molecule has 1 aliphatic rings. The first-order chi connectivity index (χ1) is 11.3. The highest BCUT2D eigenvalue weighted by atomic mass is 16.2. The predicted molar refractivity (Wildman–Crippen MR) is 97.7 cm³/mol. The Morgan fingerprint density at radius 1 is 1.21 bits per heavy atom. The first-order valence-electron chi connectivity index (χ1n) is 8.93. The van der Waals surface area contributed by atoms with Crippen molar-refractivity contribution in [1.82, 2.24) is 5.32 Å². The maximum atomic E-state index is 12.1. The normalized spacial score (nSPS) is 16.8. The number of nitrogens with one attached hydrogen (secondary N) is 1. The molecule has 4 nitrogen and oxygen atoms in total. The maximum absolute atomic E-state index is 12.1. The summed E-state index contributed by atoms with van der Waals surface area (Å²) in [5.74, 6) is 0.635. The average Bonchev–Trinajstić information content (AvgIpc) is 2.53. The van der Waals surface area contributed by atoms with E-state index in [0.29, 0.717) is 25.3 Å². The lowest BCUT2D eigenvalue weighted by Gasteiger charge is -2.27. The minimum absolute atomic E-state index is 0.0905. The summed E-state index contributed by atoms with van der Waals surface area (Å²) >= 11 is 0. The van der Waals surface area contributed by atoms with Crippen LogP contribution < -0.4 is 10.2 Å². The summed E-state index contributed by atoms with van der Waals surface area (Å²) in [5.41, 5.74) is 2.15. The van der Waals surface area contributed by atoms with E-state index >= 15 is 0 Å². The molecule has 1 fully saturated rings. The van der Waals surface area contributed by atoms with Gasteiger partial charge in [-0.1, -0.05) is 39.8 Å². The molecule has 1 saturated heterocycles. The number of nitrogens with zero attached hydrogens (tertiary/aromatic N) is 1. The van der Waals surface area contributed by atoms with Crippen LogP contribution in [0.4, 0.5) is 5.69 Å². The van der Waals surface area contributed by atoms with E-state index in [1.165, 1.54) is 0 Å². The zero-order valence-corrected chi connectivity index (χ0v) is 15.4. The second-order valence-corrected chi connectivity index (χ2v) is 7.92. The van der Waals surface area contributed by atoms with Gasteiger partial charge in [0, 0.05) is 31.6 Å². The number of anilines is 1. The number of amides is 2. The first-order valence-corrected chi connectivity index (χ1v) is 8.93. The van der Waals surface area contributed by atoms with E-state index < -0.39 is 0 Å². The lowest BCUT2D eigenvalue weighted by molar-refractivity contribution is -0.123. The summed E-state index contributed by atoms with van der Waals surface area (Å²) < 4.78 is 0. The van der Waals surface area contributed by atoms with Gasteiger partial charge in [-0.25, -0.2) is 0 Å². The number of carbonyl (C=O) groups excluding carboxylic acids is 2. The Morgan fingerprint density at radius 2 is 1.88 bits per heavy atom. The molecule has 132 valence electrons. The van der Waals surface area contributed by atoms with Gasteiger partial charge in [0.15, 0.2) is 0 Å². The standard InChI is InChI=1S/C20H30N2O2/c1-15(20(2,3)4)13-18(23)21-14-16-8-10-17(11-9-16)22-12-6-5-7-19(22)24/h8-11,15H,5-7,12-14H2,1-4H3,(H,21,23). The summed E-state index contributed by atoms with van der Waals surface area (Å²) in [7, 11) is 0. The van der Waals surface area contributed by atoms with Crippen LogP contribution in [0.2, 0.25) is 0 Å². The number of hydrogen-bond donors (Lipinski definition) is 1. The number of hydrogen-bond acceptors (Lipinski definition) is 2. The Morgan fingerprint density at radius 3 is 2.46 bits per heavy atom. The van der Waals surface area contributed by atoms with E-state index in [1.54, 1.807) is 0 Å². The fourth-order valence-corrected chi connectivity index (χ4v) is 2.73. The molecule has 2 rings (SSSR count). The number of benzene rings is 1. The van der Waals surface area contributed by atoms with Gasteiger partial charge >= 0.3 is 0 Å². The minimum Gasteiger partial charge on any atom is -0.352 e. The Bertz CT molecular complexity index is 572. The Balaban J connectivity index is 1.85. The van der Waals surface area contributed by atoms with Crippen LogP contribution in [-0.2, 0) is 16.1 Å². The Labute approximate surface area is 145 Å². The van der Waals surface area contributed by atoms with Gasteiger partial charge in [-0.15, -0.1) is 0 Å². The van der Waals surface area contributed by atoms with Gasteiger partial charge in [-0.2, -0.15) is 0 Å². The molecule has 0 bridgehead atoms. The lowest BCUT2D eigenvalue weighted by atomic mass is 9.80. The molecular weight excluding hydrogens is 300 g/mol. The third-order valence-corrected chi connectivity index (χ3v) is 5.03. The molecule has 0 radical (unpaired) electrons. The lowest BCUT2D eigenvalue weighted by Crippen LogP contribution is -2.35. The summed E-state index contributed by atoms with van der Waals surface area (Å²) in [4.78, 5) is 25.9. The molecule has 2 amide bonds. The molecule has 1 aliphatic heterocycles. The van der Waals surface area contributed by atoms with Crippen LogP contribution in [0.5, 0.6) is 0 Å². The van der Waals surface area contributed by atoms with Crippen LogP contribution in [0.1, 0.15) is 58.9 Å². The second-order valence-electron chi connectivity index (χ2n) is 7.92. The molecular formula is C20H30N2O2. The SMILES string of the molecule is CC(CC(=O)NCc1ccc(N2CCCCC2=O)cc1)C(C)(C)C. The van der Waals surface area contributed by atoms with Gasteiger partial charge in [-0.05, 0) is 41.9 Å². The van der Waals surface area contributed by atoms with E-state index in [2.05, 4.69) is 33.0 Å². The highest BCUT2D eigenvalue weighted by Crippen LogP contribution is 2.27.